The summed E-state index contributed by atoms with van der Waals surface area (Å²) < 4.78 is 67.4. The minimum absolute atomic E-state index is 0.0718. The van der Waals surface area contributed by atoms with Crippen LogP contribution in [0, 0.1) is 11.2 Å². The van der Waals surface area contributed by atoms with Crippen molar-refractivity contribution in [1.82, 2.24) is 19.7 Å². The molecule has 1 saturated heterocycles. The van der Waals surface area contributed by atoms with Crippen molar-refractivity contribution in [2.24, 2.45) is 5.41 Å². The van der Waals surface area contributed by atoms with Crippen LogP contribution in [0.5, 0.6) is 11.6 Å². The zero-order valence-corrected chi connectivity index (χ0v) is 22.1. The topological polar surface area (TPSA) is 69.5 Å². The number of amides is 1. The second-order valence-corrected chi connectivity index (χ2v) is 10.6. The molecule has 7 nitrogen and oxygen atoms in total. The van der Waals surface area contributed by atoms with Gasteiger partial charge in [0.2, 0.25) is 5.88 Å². The number of aromatic nitrogens is 3. The fourth-order valence-electron chi connectivity index (χ4n) is 5.63. The van der Waals surface area contributed by atoms with Gasteiger partial charge in [-0.2, -0.15) is 18.3 Å². The molecule has 1 amide bonds. The Hall–Kier alpha value is -4.41. The summed E-state index contributed by atoms with van der Waals surface area (Å²) in [6.45, 7) is 1.07. The lowest BCUT2D eigenvalue weighted by Crippen LogP contribution is -2.64. The molecule has 0 N–H and O–H groups in total. The van der Waals surface area contributed by atoms with Gasteiger partial charge in [-0.1, -0.05) is 30.3 Å². The molecule has 2 aliphatic rings. The van der Waals surface area contributed by atoms with Crippen LogP contribution in [0.3, 0.4) is 0 Å². The van der Waals surface area contributed by atoms with E-state index in [1.807, 2.05) is 30.3 Å². The molecule has 2 fully saturated rings. The molecule has 0 bridgehead atoms. The van der Waals surface area contributed by atoms with E-state index in [0.29, 0.717) is 48.8 Å². The molecule has 0 radical (unpaired) electrons. The Bertz CT molecular complexity index is 1560. The van der Waals surface area contributed by atoms with Crippen molar-refractivity contribution < 1.29 is 31.8 Å². The van der Waals surface area contributed by atoms with Crippen LogP contribution in [-0.2, 0) is 12.8 Å². The maximum atomic E-state index is 14.6. The van der Waals surface area contributed by atoms with Crippen molar-refractivity contribution in [3.8, 4) is 22.9 Å². The number of carbonyl (C=O) groups excluding carboxylic acids is 1. The lowest BCUT2D eigenvalue weighted by Gasteiger charge is -2.59. The first-order valence-corrected chi connectivity index (χ1v) is 13.1. The summed E-state index contributed by atoms with van der Waals surface area (Å²) in [4.78, 5) is 18.8. The first-order chi connectivity index (χ1) is 19.6. The normalized spacial score (nSPS) is 16.3. The molecule has 6 rings (SSSR count). The summed E-state index contributed by atoms with van der Waals surface area (Å²) in [6.07, 6.45) is -2.04. The van der Waals surface area contributed by atoms with Gasteiger partial charge in [0.1, 0.15) is 18.2 Å². The first kappa shape index (κ1) is 26.8. The van der Waals surface area contributed by atoms with Gasteiger partial charge in [-0.15, -0.1) is 0 Å². The Balaban J connectivity index is 1.12. The molecule has 1 spiro atoms. The second kappa shape index (κ2) is 10.2. The van der Waals surface area contributed by atoms with E-state index in [0.717, 1.165) is 11.6 Å². The van der Waals surface area contributed by atoms with Gasteiger partial charge < -0.3 is 14.4 Å². The summed E-state index contributed by atoms with van der Waals surface area (Å²) in [5.41, 5.74) is 0.466. The molecule has 1 aliphatic heterocycles. The number of ether oxygens (including phenoxy) is 2. The van der Waals surface area contributed by atoms with Crippen LogP contribution >= 0.6 is 0 Å². The smallest absolute Gasteiger partial charge is 0.435 e. The summed E-state index contributed by atoms with van der Waals surface area (Å²) in [5, 5.41) is 3.90. The summed E-state index contributed by atoms with van der Waals surface area (Å²) in [6, 6.07) is 17.6. The predicted molar refractivity (Wildman–Crippen MR) is 141 cm³/mol. The van der Waals surface area contributed by atoms with E-state index in [9.17, 15) is 22.4 Å². The van der Waals surface area contributed by atoms with Crippen molar-refractivity contribution in [2.45, 2.75) is 31.7 Å². The van der Waals surface area contributed by atoms with Crippen LogP contribution in [0.2, 0.25) is 0 Å². The van der Waals surface area contributed by atoms with E-state index in [-0.39, 0.29) is 23.6 Å². The Morgan fingerprint density at radius 2 is 1.80 bits per heavy atom. The highest BCUT2D eigenvalue weighted by Crippen LogP contribution is 2.55. The van der Waals surface area contributed by atoms with Crippen LogP contribution in [0.25, 0.3) is 11.3 Å². The van der Waals surface area contributed by atoms with Gasteiger partial charge in [0, 0.05) is 36.3 Å². The summed E-state index contributed by atoms with van der Waals surface area (Å²) in [7, 11) is 1.46. The summed E-state index contributed by atoms with van der Waals surface area (Å²) >= 11 is 0. The third-order valence-corrected chi connectivity index (χ3v) is 7.71. The minimum Gasteiger partial charge on any atom is -0.489 e. The summed E-state index contributed by atoms with van der Waals surface area (Å²) in [5.74, 6) is -0.340. The number of halogens is 4. The van der Waals surface area contributed by atoms with Crippen LogP contribution in [0.4, 0.5) is 17.6 Å². The monoisotopic (exact) mass is 566 g/mol. The molecule has 1 saturated carbocycles. The third kappa shape index (κ3) is 5.23. The van der Waals surface area contributed by atoms with Gasteiger partial charge in [0.15, 0.2) is 5.69 Å². The number of nitrogens with zero attached hydrogens (tertiary/aromatic N) is 4. The SMILES string of the molecule is COc1ccc(-c2cc(C(F)(F)F)nn2C2CC3(C2)CN(C(=O)c2cc(OCc4ccccc4)ccc2F)C3)cn1. The van der Waals surface area contributed by atoms with Crippen LogP contribution in [0.1, 0.15) is 40.5 Å². The Morgan fingerprint density at radius 1 is 1.05 bits per heavy atom. The maximum Gasteiger partial charge on any atom is 0.435 e. The first-order valence-electron chi connectivity index (χ1n) is 13.1. The Morgan fingerprint density at radius 3 is 2.46 bits per heavy atom. The standard InChI is InChI=1S/C30H26F4N4O3/c1-40-27-10-7-20(15-35-27)25-12-26(30(32,33)34)36-38(25)21-13-29(14-21)17-37(18-29)28(39)23-11-22(8-9-24(23)31)41-16-19-5-3-2-4-6-19/h2-12,15,21H,13-14,16-18H2,1H3. The number of alkyl halides is 3. The van der Waals surface area contributed by atoms with Crippen LogP contribution in [-0.4, -0.2) is 45.8 Å². The zero-order valence-electron chi connectivity index (χ0n) is 22.1. The molecule has 0 unspecified atom stereocenters. The van der Waals surface area contributed by atoms with Crippen LogP contribution in [0.15, 0.2) is 72.9 Å². The Kier molecular flexibility index (Phi) is 6.67. The van der Waals surface area contributed by atoms with Gasteiger partial charge in [0.05, 0.1) is 24.4 Å². The average molecular weight is 567 g/mol. The number of likely N-dealkylation sites (tertiary alicyclic amines) is 1. The number of pyridine rings is 1. The highest BCUT2D eigenvalue weighted by atomic mass is 19.4. The third-order valence-electron chi connectivity index (χ3n) is 7.71. The van der Waals surface area contributed by atoms with E-state index < -0.39 is 23.6 Å². The second-order valence-electron chi connectivity index (χ2n) is 10.6. The number of carbonyl (C=O) groups is 1. The predicted octanol–water partition coefficient (Wildman–Crippen LogP) is 6.17. The van der Waals surface area contributed by atoms with Gasteiger partial charge in [-0.05, 0) is 48.7 Å². The fourth-order valence-corrected chi connectivity index (χ4v) is 5.63. The molecule has 11 heteroatoms. The van der Waals surface area contributed by atoms with E-state index in [1.54, 1.807) is 17.0 Å². The largest absolute Gasteiger partial charge is 0.489 e. The van der Waals surface area contributed by atoms with Crippen molar-refractivity contribution in [1.29, 1.82) is 0 Å². The molecule has 3 heterocycles. The van der Waals surface area contributed by atoms with E-state index >= 15 is 0 Å². The highest BCUT2D eigenvalue weighted by Gasteiger charge is 2.55. The van der Waals surface area contributed by atoms with Gasteiger partial charge in [0.25, 0.3) is 5.91 Å². The number of hydrogen-bond donors (Lipinski definition) is 0. The average Bonchev–Trinajstić information content (AvgIpc) is 3.37. The lowest BCUT2D eigenvalue weighted by atomic mass is 9.60. The maximum absolute atomic E-state index is 14.6. The number of benzene rings is 2. The van der Waals surface area contributed by atoms with E-state index in [4.69, 9.17) is 9.47 Å². The van der Waals surface area contributed by atoms with Gasteiger partial charge in [-0.25, -0.2) is 9.37 Å². The number of hydrogen-bond acceptors (Lipinski definition) is 5. The van der Waals surface area contributed by atoms with Crippen molar-refractivity contribution in [2.75, 3.05) is 20.2 Å². The van der Waals surface area contributed by atoms with Crippen molar-refractivity contribution >= 4 is 5.91 Å². The molecule has 4 aromatic rings. The zero-order chi connectivity index (χ0) is 28.8. The number of methoxy groups -OCH3 is 1. The number of rotatable bonds is 7. The Labute approximate surface area is 233 Å². The fraction of sp³-hybridized carbons (Fsp3) is 0.300. The molecule has 2 aromatic heterocycles. The minimum atomic E-state index is -4.59. The quantitative estimate of drug-likeness (QED) is 0.251. The molecule has 1 aliphatic carbocycles. The molecular weight excluding hydrogens is 540 g/mol. The van der Waals surface area contributed by atoms with Crippen molar-refractivity contribution in [3.05, 3.63) is 95.6 Å². The molecular formula is C30H26F4N4O3. The van der Waals surface area contributed by atoms with Crippen LogP contribution < -0.4 is 9.47 Å². The van der Waals surface area contributed by atoms with E-state index in [1.165, 1.54) is 36.2 Å². The molecule has 212 valence electrons. The highest BCUT2D eigenvalue weighted by molar-refractivity contribution is 5.95. The van der Waals surface area contributed by atoms with E-state index in [2.05, 4.69) is 10.1 Å². The molecule has 41 heavy (non-hydrogen) atoms. The van der Waals surface area contributed by atoms with Gasteiger partial charge in [-0.3, -0.25) is 9.48 Å². The lowest BCUT2D eigenvalue weighted by molar-refractivity contribution is -0.142. The molecule has 2 aromatic carbocycles. The van der Waals surface area contributed by atoms with Gasteiger partial charge >= 0.3 is 6.18 Å². The molecule has 0 atom stereocenters. The van der Waals surface area contributed by atoms with Crippen molar-refractivity contribution in [3.63, 3.8) is 0 Å².